The van der Waals surface area contributed by atoms with Crippen molar-refractivity contribution in [1.82, 2.24) is 24.6 Å². The summed E-state index contributed by atoms with van der Waals surface area (Å²) in [6.07, 6.45) is 4.95. The number of para-hydroxylation sites is 1. The number of fused-ring (bicyclic) bond motifs is 7. The Labute approximate surface area is 207 Å². The van der Waals surface area contributed by atoms with Gasteiger partial charge in [-0.3, -0.25) is 4.98 Å². The topological polar surface area (TPSA) is 114 Å². The van der Waals surface area contributed by atoms with Crippen LogP contribution in [0.15, 0.2) is 82.5 Å². The number of ether oxygens (including phenoxy) is 3. The average molecular weight is 489 g/mol. The van der Waals surface area contributed by atoms with Crippen molar-refractivity contribution in [3.8, 4) is 34.5 Å². The van der Waals surface area contributed by atoms with Gasteiger partial charge < -0.3 is 18.6 Å². The van der Waals surface area contributed by atoms with Crippen molar-refractivity contribution in [2.75, 3.05) is 6.79 Å². The third-order valence-electron chi connectivity index (χ3n) is 6.61. The Balaban J connectivity index is 1.40. The average Bonchev–Trinajstić information content (AvgIpc) is 3.59. The van der Waals surface area contributed by atoms with E-state index in [4.69, 9.17) is 23.6 Å². The van der Waals surface area contributed by atoms with Gasteiger partial charge in [0.05, 0.1) is 22.4 Å². The minimum Gasteiger partial charge on any atom is -0.454 e. The molecule has 0 fully saturated rings. The van der Waals surface area contributed by atoms with E-state index in [0.29, 0.717) is 56.7 Å². The number of hydrogen-bond donors (Lipinski definition) is 0. The van der Waals surface area contributed by atoms with Crippen LogP contribution in [-0.2, 0) is 0 Å². The van der Waals surface area contributed by atoms with Crippen LogP contribution >= 0.6 is 0 Å². The molecule has 8 rings (SSSR count). The third-order valence-corrected chi connectivity index (χ3v) is 6.61. The molecule has 0 saturated heterocycles. The Morgan fingerprint density at radius 2 is 1.89 bits per heavy atom. The summed E-state index contributed by atoms with van der Waals surface area (Å²) < 4.78 is 24.5. The number of pyridine rings is 1. The molecule has 10 nitrogen and oxygen atoms in total. The van der Waals surface area contributed by atoms with Crippen molar-refractivity contribution in [3.63, 3.8) is 0 Å². The van der Waals surface area contributed by atoms with E-state index in [-0.39, 0.29) is 6.79 Å². The van der Waals surface area contributed by atoms with Crippen molar-refractivity contribution in [1.29, 1.82) is 0 Å². The molecule has 4 aromatic heterocycles. The van der Waals surface area contributed by atoms with Crippen LogP contribution in [0.5, 0.6) is 23.1 Å². The Hall–Kier alpha value is -5.25. The van der Waals surface area contributed by atoms with Crippen molar-refractivity contribution < 1.29 is 18.6 Å². The lowest BCUT2D eigenvalue weighted by Gasteiger charge is -2.27. The zero-order valence-corrected chi connectivity index (χ0v) is 19.0. The fraction of sp³-hybridized carbons (Fsp3) is 0.0741. The molecule has 0 N–H and O–H groups in total. The minimum absolute atomic E-state index is 0.176. The number of aromatic nitrogens is 5. The lowest BCUT2D eigenvalue weighted by atomic mass is 9.85. The largest absolute Gasteiger partial charge is 0.454 e. The van der Waals surface area contributed by atoms with Gasteiger partial charge in [-0.1, -0.05) is 18.2 Å². The first kappa shape index (κ1) is 20.0. The van der Waals surface area contributed by atoms with Crippen LogP contribution in [0.3, 0.4) is 0 Å². The number of rotatable bonds is 2. The number of benzene rings is 2. The van der Waals surface area contributed by atoms with E-state index < -0.39 is 11.5 Å². The van der Waals surface area contributed by atoms with Crippen molar-refractivity contribution in [2.24, 2.45) is 0 Å². The quantitative estimate of drug-likeness (QED) is 0.328. The standard InChI is InChI=1S/C27H15N5O5/c33-27-21-20(15-4-3-9-28-11-15)22-25-30-24(14-7-8-18-19(10-14)35-13-34-18)31-32(25)12-29-26(22)37-23(21)16-5-1-2-6-17(16)36-27/h1-12,20H,13H2. The van der Waals surface area contributed by atoms with E-state index in [2.05, 4.69) is 15.1 Å². The van der Waals surface area contributed by atoms with E-state index in [1.165, 1.54) is 0 Å². The molecule has 6 aromatic rings. The molecule has 0 saturated carbocycles. The zero-order chi connectivity index (χ0) is 24.5. The van der Waals surface area contributed by atoms with Gasteiger partial charge in [0.25, 0.3) is 0 Å². The Morgan fingerprint density at radius 3 is 2.81 bits per heavy atom. The molecular formula is C27H15N5O5. The maximum Gasteiger partial charge on any atom is 0.344 e. The highest BCUT2D eigenvalue weighted by molar-refractivity contribution is 5.87. The molecule has 10 heteroatoms. The van der Waals surface area contributed by atoms with Gasteiger partial charge in [0, 0.05) is 18.0 Å². The van der Waals surface area contributed by atoms with Crippen LogP contribution < -0.4 is 19.8 Å². The molecule has 0 bridgehead atoms. The summed E-state index contributed by atoms with van der Waals surface area (Å²) in [5.74, 6) is 1.95. The first-order chi connectivity index (χ1) is 18.2. The van der Waals surface area contributed by atoms with Crippen LogP contribution in [0.4, 0.5) is 0 Å². The van der Waals surface area contributed by atoms with Crippen molar-refractivity contribution >= 4 is 16.6 Å². The monoisotopic (exact) mass is 489 g/mol. The minimum atomic E-state index is -0.585. The number of hydrogen-bond acceptors (Lipinski definition) is 9. The molecule has 0 spiro atoms. The van der Waals surface area contributed by atoms with Gasteiger partial charge in [0.1, 0.15) is 11.9 Å². The van der Waals surface area contributed by atoms with E-state index in [9.17, 15) is 4.79 Å². The van der Waals surface area contributed by atoms with Gasteiger partial charge in [-0.15, -0.1) is 5.10 Å². The first-order valence-electron chi connectivity index (χ1n) is 11.5. The second-order valence-corrected chi connectivity index (χ2v) is 8.68. The summed E-state index contributed by atoms with van der Waals surface area (Å²) in [5, 5.41) is 5.33. The van der Waals surface area contributed by atoms with Gasteiger partial charge in [-0.25, -0.2) is 19.3 Å². The first-order valence-corrected chi connectivity index (χ1v) is 11.5. The Morgan fingerprint density at radius 1 is 0.973 bits per heavy atom. The molecule has 2 aliphatic rings. The van der Waals surface area contributed by atoms with Crippen molar-refractivity contribution in [2.45, 2.75) is 5.92 Å². The van der Waals surface area contributed by atoms with Crippen molar-refractivity contribution in [3.05, 3.63) is 100 Å². The van der Waals surface area contributed by atoms with Crippen LogP contribution in [0.1, 0.15) is 22.6 Å². The molecule has 37 heavy (non-hydrogen) atoms. The van der Waals surface area contributed by atoms with Crippen LogP contribution in [0.2, 0.25) is 0 Å². The van der Waals surface area contributed by atoms with E-state index >= 15 is 0 Å². The molecule has 6 heterocycles. The zero-order valence-electron chi connectivity index (χ0n) is 19.0. The second-order valence-electron chi connectivity index (χ2n) is 8.68. The smallest absolute Gasteiger partial charge is 0.344 e. The normalized spacial score (nSPS) is 15.4. The summed E-state index contributed by atoms with van der Waals surface area (Å²) in [6.45, 7) is 0.176. The van der Waals surface area contributed by atoms with Gasteiger partial charge >= 0.3 is 5.63 Å². The predicted molar refractivity (Wildman–Crippen MR) is 130 cm³/mol. The highest BCUT2D eigenvalue weighted by atomic mass is 16.7. The fourth-order valence-electron chi connectivity index (χ4n) is 4.97. The third kappa shape index (κ3) is 2.89. The molecule has 178 valence electrons. The summed E-state index contributed by atoms with van der Waals surface area (Å²) in [7, 11) is 0. The van der Waals surface area contributed by atoms with Gasteiger partial charge in [-0.2, -0.15) is 0 Å². The van der Waals surface area contributed by atoms with Gasteiger partial charge in [-0.05, 0) is 42.0 Å². The fourth-order valence-corrected chi connectivity index (χ4v) is 4.97. The molecular weight excluding hydrogens is 474 g/mol. The van der Waals surface area contributed by atoms with Gasteiger partial charge in [0.15, 0.2) is 28.7 Å². The summed E-state index contributed by atoms with van der Waals surface area (Å²) in [4.78, 5) is 27.1. The maximum atomic E-state index is 13.4. The SMILES string of the molecule is O=c1oc2ccccc2c2c1C(c1cccnc1)c1c(ncn3nc(-c4ccc5c(c4)OCO5)nc13)O2. The second kappa shape index (κ2) is 7.37. The molecule has 2 aliphatic heterocycles. The predicted octanol–water partition coefficient (Wildman–Crippen LogP) is 4.31. The molecule has 0 aliphatic carbocycles. The summed E-state index contributed by atoms with van der Waals surface area (Å²) >= 11 is 0. The molecule has 1 unspecified atom stereocenters. The van der Waals surface area contributed by atoms with Crippen LogP contribution in [0.25, 0.3) is 28.0 Å². The van der Waals surface area contributed by atoms with Crippen LogP contribution in [-0.4, -0.2) is 31.4 Å². The molecule has 2 aromatic carbocycles. The highest BCUT2D eigenvalue weighted by Gasteiger charge is 2.37. The number of nitrogens with zero attached hydrogens (tertiary/aromatic N) is 5. The molecule has 1 atom stereocenters. The van der Waals surface area contributed by atoms with E-state index in [1.54, 1.807) is 29.3 Å². The maximum absolute atomic E-state index is 13.4. The Kier molecular flexibility index (Phi) is 3.98. The molecule has 0 radical (unpaired) electrons. The lowest BCUT2D eigenvalue weighted by Crippen LogP contribution is -2.22. The van der Waals surface area contributed by atoms with E-state index in [1.807, 2.05) is 48.5 Å². The van der Waals surface area contributed by atoms with Gasteiger partial charge in [0.2, 0.25) is 12.7 Å². The molecule has 0 amide bonds. The summed E-state index contributed by atoms with van der Waals surface area (Å²) in [5.41, 5.74) is 2.94. The summed E-state index contributed by atoms with van der Waals surface area (Å²) in [6, 6.07) is 16.5. The van der Waals surface area contributed by atoms with E-state index in [0.717, 1.165) is 11.1 Å². The highest BCUT2D eigenvalue weighted by Crippen LogP contribution is 2.48. The van der Waals surface area contributed by atoms with Crippen LogP contribution in [0, 0.1) is 0 Å². The lowest BCUT2D eigenvalue weighted by molar-refractivity contribution is 0.174. The Bertz CT molecular complexity index is 1930.